The van der Waals surface area contributed by atoms with Crippen molar-refractivity contribution in [2.24, 2.45) is 5.92 Å². The molecule has 0 saturated heterocycles. The van der Waals surface area contributed by atoms with Crippen LogP contribution >= 0.6 is 0 Å². The number of halogens is 3. The summed E-state index contributed by atoms with van der Waals surface area (Å²) in [6.45, 7) is 12.1. The van der Waals surface area contributed by atoms with E-state index in [2.05, 4.69) is 33.9 Å². The Bertz CT molecular complexity index is 589. The van der Waals surface area contributed by atoms with Crippen molar-refractivity contribution in [2.45, 2.75) is 57.9 Å². The SMILES string of the molecule is C[C@H](C(=O)O)[C@@H](CO[Si](C)(C)C(C)(C)C)c1ccc(C(F)(F)F)cc1. The summed E-state index contributed by atoms with van der Waals surface area (Å²) in [4.78, 5) is 11.4. The highest BCUT2D eigenvalue weighted by Crippen LogP contribution is 2.38. The fraction of sp³-hybridized carbons (Fsp3) is 0.611. The van der Waals surface area contributed by atoms with Gasteiger partial charge in [-0.1, -0.05) is 39.8 Å². The van der Waals surface area contributed by atoms with Gasteiger partial charge in [-0.25, -0.2) is 0 Å². The molecule has 0 radical (unpaired) electrons. The number of benzene rings is 1. The standard InChI is InChI=1S/C18H27F3O3Si/c1-12(16(22)23)15(11-24-25(5,6)17(2,3)4)13-7-9-14(10-8-13)18(19,20)21/h7-10,12,15H,11H2,1-6H3,(H,22,23)/t12-,15+/m0/s1. The second-order valence-electron chi connectivity index (χ2n) is 7.92. The Hall–Kier alpha value is -1.34. The largest absolute Gasteiger partial charge is 0.481 e. The summed E-state index contributed by atoms with van der Waals surface area (Å²) in [6, 6.07) is 4.68. The van der Waals surface area contributed by atoms with E-state index in [9.17, 15) is 23.1 Å². The minimum Gasteiger partial charge on any atom is -0.481 e. The molecule has 0 aliphatic heterocycles. The van der Waals surface area contributed by atoms with Crippen molar-refractivity contribution in [3.63, 3.8) is 0 Å². The molecule has 0 aliphatic rings. The predicted molar refractivity (Wildman–Crippen MR) is 94.1 cm³/mol. The fourth-order valence-corrected chi connectivity index (χ4v) is 3.16. The quantitative estimate of drug-likeness (QED) is 0.664. The van der Waals surface area contributed by atoms with Crippen LogP contribution in [0.4, 0.5) is 13.2 Å². The lowest BCUT2D eigenvalue weighted by Crippen LogP contribution is -2.42. The molecule has 0 heterocycles. The first-order valence-electron chi connectivity index (χ1n) is 8.21. The molecule has 1 aromatic carbocycles. The normalized spacial score (nSPS) is 15.7. The van der Waals surface area contributed by atoms with Crippen molar-refractivity contribution in [3.05, 3.63) is 35.4 Å². The average Bonchev–Trinajstić information content (AvgIpc) is 2.45. The zero-order valence-corrected chi connectivity index (χ0v) is 16.6. The molecular formula is C18H27F3O3Si. The Morgan fingerprint density at radius 2 is 1.64 bits per heavy atom. The third-order valence-corrected chi connectivity index (χ3v) is 9.59. The number of hydrogen-bond acceptors (Lipinski definition) is 2. The van der Waals surface area contributed by atoms with Gasteiger partial charge in [0.15, 0.2) is 8.32 Å². The highest BCUT2D eigenvalue weighted by atomic mass is 28.4. The van der Waals surface area contributed by atoms with Gasteiger partial charge in [0.25, 0.3) is 0 Å². The number of carbonyl (C=O) groups is 1. The van der Waals surface area contributed by atoms with Gasteiger partial charge < -0.3 is 9.53 Å². The van der Waals surface area contributed by atoms with Crippen LogP contribution in [0.25, 0.3) is 0 Å². The van der Waals surface area contributed by atoms with Gasteiger partial charge in [0.05, 0.1) is 11.5 Å². The Kier molecular flexibility index (Phi) is 6.50. The molecule has 7 heteroatoms. The van der Waals surface area contributed by atoms with Gasteiger partial charge >= 0.3 is 12.1 Å². The van der Waals surface area contributed by atoms with Crippen LogP contribution in [-0.4, -0.2) is 26.0 Å². The summed E-state index contributed by atoms with van der Waals surface area (Å²) >= 11 is 0. The molecule has 3 nitrogen and oxygen atoms in total. The van der Waals surface area contributed by atoms with E-state index >= 15 is 0 Å². The van der Waals surface area contributed by atoms with Crippen LogP contribution in [0, 0.1) is 5.92 Å². The lowest BCUT2D eigenvalue weighted by atomic mass is 9.87. The van der Waals surface area contributed by atoms with E-state index in [-0.39, 0.29) is 11.6 Å². The molecule has 1 aromatic rings. The van der Waals surface area contributed by atoms with Crippen molar-refractivity contribution >= 4 is 14.3 Å². The third-order valence-electron chi connectivity index (χ3n) is 5.09. The van der Waals surface area contributed by atoms with E-state index < -0.39 is 37.9 Å². The Morgan fingerprint density at radius 1 is 1.16 bits per heavy atom. The lowest BCUT2D eigenvalue weighted by Gasteiger charge is -2.38. The van der Waals surface area contributed by atoms with Gasteiger partial charge in [-0.3, -0.25) is 4.79 Å². The molecular weight excluding hydrogens is 349 g/mol. The van der Waals surface area contributed by atoms with Gasteiger partial charge in [-0.05, 0) is 35.8 Å². The van der Waals surface area contributed by atoms with Crippen LogP contribution in [0.1, 0.15) is 44.7 Å². The number of carboxylic acid groups (broad SMARTS) is 1. The highest BCUT2D eigenvalue weighted by molar-refractivity contribution is 6.74. The number of alkyl halides is 3. The number of carboxylic acids is 1. The average molecular weight is 376 g/mol. The van der Waals surface area contributed by atoms with Crippen LogP contribution in [0.15, 0.2) is 24.3 Å². The smallest absolute Gasteiger partial charge is 0.416 e. The molecule has 1 rings (SSSR count). The van der Waals surface area contributed by atoms with E-state index in [1.165, 1.54) is 12.1 Å². The molecule has 142 valence electrons. The zero-order chi connectivity index (χ0) is 19.6. The van der Waals surface area contributed by atoms with Crippen LogP contribution in [-0.2, 0) is 15.4 Å². The lowest BCUT2D eigenvalue weighted by molar-refractivity contribution is -0.142. The van der Waals surface area contributed by atoms with Gasteiger partial charge in [0.1, 0.15) is 0 Å². The summed E-state index contributed by atoms with van der Waals surface area (Å²) in [6.07, 6.45) is -4.41. The maximum Gasteiger partial charge on any atom is 0.416 e. The molecule has 0 aliphatic carbocycles. The van der Waals surface area contributed by atoms with Crippen molar-refractivity contribution in [3.8, 4) is 0 Å². The van der Waals surface area contributed by atoms with E-state index in [4.69, 9.17) is 4.43 Å². The Labute approximate surface area is 148 Å². The van der Waals surface area contributed by atoms with E-state index in [0.717, 1.165) is 12.1 Å². The topological polar surface area (TPSA) is 46.5 Å². The summed E-state index contributed by atoms with van der Waals surface area (Å²) in [5, 5.41) is 9.33. The molecule has 0 bridgehead atoms. The molecule has 0 saturated carbocycles. The zero-order valence-electron chi connectivity index (χ0n) is 15.6. The number of hydrogen-bond donors (Lipinski definition) is 1. The molecule has 0 amide bonds. The molecule has 0 spiro atoms. The van der Waals surface area contributed by atoms with E-state index in [0.29, 0.717) is 5.56 Å². The van der Waals surface area contributed by atoms with E-state index in [1.807, 2.05) is 0 Å². The first-order chi connectivity index (χ1) is 11.2. The monoisotopic (exact) mass is 376 g/mol. The second kappa shape index (κ2) is 7.49. The van der Waals surface area contributed by atoms with Crippen LogP contribution < -0.4 is 0 Å². The first kappa shape index (κ1) is 21.7. The van der Waals surface area contributed by atoms with Crippen molar-refractivity contribution in [2.75, 3.05) is 6.61 Å². The molecule has 25 heavy (non-hydrogen) atoms. The Morgan fingerprint density at radius 3 is 2.00 bits per heavy atom. The minimum absolute atomic E-state index is 0.0375. The second-order valence-corrected chi connectivity index (χ2v) is 12.7. The summed E-state index contributed by atoms with van der Waals surface area (Å²) in [5.74, 6) is -2.26. The van der Waals surface area contributed by atoms with Gasteiger partial charge in [-0.15, -0.1) is 0 Å². The minimum atomic E-state index is -4.41. The maximum absolute atomic E-state index is 12.7. The number of aliphatic carboxylic acids is 1. The van der Waals surface area contributed by atoms with Gasteiger partial charge in [0, 0.05) is 12.5 Å². The van der Waals surface area contributed by atoms with Crippen molar-refractivity contribution in [1.29, 1.82) is 0 Å². The Balaban J connectivity index is 3.08. The van der Waals surface area contributed by atoms with Crippen molar-refractivity contribution in [1.82, 2.24) is 0 Å². The van der Waals surface area contributed by atoms with E-state index in [1.54, 1.807) is 6.92 Å². The van der Waals surface area contributed by atoms with Crippen LogP contribution in [0.2, 0.25) is 18.1 Å². The van der Waals surface area contributed by atoms with Crippen LogP contribution in [0.3, 0.4) is 0 Å². The maximum atomic E-state index is 12.7. The summed E-state index contributed by atoms with van der Waals surface area (Å²) in [7, 11) is -2.09. The molecule has 0 aromatic heterocycles. The van der Waals surface area contributed by atoms with Gasteiger partial charge in [0.2, 0.25) is 0 Å². The number of rotatable bonds is 6. The first-order valence-corrected chi connectivity index (χ1v) is 11.1. The third kappa shape index (κ3) is 5.57. The molecule has 0 unspecified atom stereocenters. The molecule has 0 fully saturated rings. The molecule has 2 atom stereocenters. The predicted octanol–water partition coefficient (Wildman–Crippen LogP) is 5.53. The van der Waals surface area contributed by atoms with Gasteiger partial charge in [-0.2, -0.15) is 13.2 Å². The highest BCUT2D eigenvalue weighted by Gasteiger charge is 2.39. The summed E-state index contributed by atoms with van der Waals surface area (Å²) in [5.41, 5.74) is -0.204. The molecule has 1 N–H and O–H groups in total. The van der Waals surface area contributed by atoms with Crippen LogP contribution in [0.5, 0.6) is 0 Å². The fourth-order valence-electron chi connectivity index (χ4n) is 2.14. The summed E-state index contributed by atoms with van der Waals surface area (Å²) < 4.78 is 44.3. The van der Waals surface area contributed by atoms with Crippen molar-refractivity contribution < 1.29 is 27.5 Å².